The zero-order valence-corrected chi connectivity index (χ0v) is 14.2. The van der Waals surface area contributed by atoms with Crippen LogP contribution in [0.2, 0.25) is 0 Å². The van der Waals surface area contributed by atoms with E-state index in [-0.39, 0.29) is 5.91 Å². The van der Waals surface area contributed by atoms with E-state index in [1.165, 1.54) is 12.8 Å². The smallest absolute Gasteiger partial charge is 0.255 e. The minimum Gasteiger partial charge on any atom is -0.339 e. The van der Waals surface area contributed by atoms with E-state index in [1.54, 1.807) is 12.4 Å². The maximum atomic E-state index is 12.5. The van der Waals surface area contributed by atoms with Crippen LogP contribution >= 0.6 is 0 Å². The molecule has 1 aliphatic carbocycles. The average molecular weight is 313 g/mol. The van der Waals surface area contributed by atoms with Gasteiger partial charge in [0.1, 0.15) is 0 Å². The van der Waals surface area contributed by atoms with Crippen LogP contribution in [0.3, 0.4) is 0 Å². The number of amides is 1. The van der Waals surface area contributed by atoms with Gasteiger partial charge in [0.15, 0.2) is 0 Å². The maximum Gasteiger partial charge on any atom is 0.255 e. The molecule has 0 radical (unpaired) electrons. The molecule has 0 bridgehead atoms. The van der Waals surface area contributed by atoms with Crippen molar-refractivity contribution in [3.8, 4) is 0 Å². The van der Waals surface area contributed by atoms with E-state index < -0.39 is 0 Å². The molecular weight excluding hydrogens is 286 g/mol. The number of carbonyl (C=O) groups is 1. The molecule has 0 saturated carbocycles. The highest BCUT2D eigenvalue weighted by Gasteiger charge is 2.36. The summed E-state index contributed by atoms with van der Waals surface area (Å²) in [6, 6.07) is 4.26. The summed E-state index contributed by atoms with van der Waals surface area (Å²) in [4.78, 5) is 21.0. The Hall–Kier alpha value is -1.68. The second-order valence-electron chi connectivity index (χ2n) is 6.93. The summed E-state index contributed by atoms with van der Waals surface area (Å²) < 4.78 is 0. The van der Waals surface area contributed by atoms with Gasteiger partial charge in [0, 0.05) is 31.5 Å². The molecule has 1 saturated heterocycles. The van der Waals surface area contributed by atoms with Crippen molar-refractivity contribution in [1.82, 2.24) is 14.8 Å². The van der Waals surface area contributed by atoms with Gasteiger partial charge in [0.2, 0.25) is 0 Å². The monoisotopic (exact) mass is 313 g/mol. The van der Waals surface area contributed by atoms with Gasteiger partial charge >= 0.3 is 0 Å². The van der Waals surface area contributed by atoms with Crippen LogP contribution in [-0.4, -0.2) is 53.4 Å². The van der Waals surface area contributed by atoms with Crippen LogP contribution < -0.4 is 0 Å². The Bertz CT molecular complexity index is 561. The molecule has 2 heterocycles. The summed E-state index contributed by atoms with van der Waals surface area (Å²) in [5, 5.41) is 0. The number of likely N-dealkylation sites (N-methyl/N-ethyl adjacent to an activating group) is 1. The highest BCUT2D eigenvalue weighted by Crippen LogP contribution is 2.41. The van der Waals surface area contributed by atoms with Gasteiger partial charge in [-0.3, -0.25) is 9.78 Å². The predicted octanol–water partition coefficient (Wildman–Crippen LogP) is 2.97. The Morgan fingerprint density at radius 1 is 1.39 bits per heavy atom. The first-order valence-electron chi connectivity index (χ1n) is 8.72. The van der Waals surface area contributed by atoms with Crippen LogP contribution in [0.15, 0.2) is 36.7 Å². The lowest BCUT2D eigenvalue weighted by Gasteiger charge is -2.43. The predicted molar refractivity (Wildman–Crippen MR) is 92.3 cm³/mol. The molecule has 1 aromatic rings. The molecule has 4 nitrogen and oxygen atoms in total. The number of carbonyl (C=O) groups excluding carboxylic acids is 1. The van der Waals surface area contributed by atoms with Crippen molar-refractivity contribution in [3.05, 3.63) is 42.2 Å². The minimum atomic E-state index is 0.122. The van der Waals surface area contributed by atoms with Crippen LogP contribution in [0.1, 0.15) is 43.0 Å². The summed E-state index contributed by atoms with van der Waals surface area (Å²) >= 11 is 0. The van der Waals surface area contributed by atoms with Crippen molar-refractivity contribution >= 4 is 5.91 Å². The maximum absolute atomic E-state index is 12.5. The van der Waals surface area contributed by atoms with Gasteiger partial charge < -0.3 is 9.80 Å². The first-order chi connectivity index (χ1) is 11.1. The van der Waals surface area contributed by atoms with E-state index in [9.17, 15) is 4.79 Å². The third kappa shape index (κ3) is 3.47. The van der Waals surface area contributed by atoms with Gasteiger partial charge in [-0.25, -0.2) is 0 Å². The Morgan fingerprint density at radius 2 is 2.17 bits per heavy atom. The Morgan fingerprint density at radius 3 is 2.74 bits per heavy atom. The van der Waals surface area contributed by atoms with E-state index in [0.29, 0.717) is 17.0 Å². The SMILES string of the molecule is CCN(C)C1C=CC2(CC1)CCN(C(=O)c1cccnc1)CC2. The normalized spacial score (nSPS) is 23.4. The summed E-state index contributed by atoms with van der Waals surface area (Å²) in [5.74, 6) is 0.122. The highest BCUT2D eigenvalue weighted by atomic mass is 16.2. The summed E-state index contributed by atoms with van der Waals surface area (Å²) in [6.07, 6.45) is 12.8. The molecule has 0 N–H and O–H groups in total. The van der Waals surface area contributed by atoms with Crippen LogP contribution in [0, 0.1) is 5.41 Å². The van der Waals surface area contributed by atoms with E-state index >= 15 is 0 Å². The average Bonchev–Trinajstić information content (AvgIpc) is 2.62. The molecule has 1 aliphatic heterocycles. The molecule has 1 fully saturated rings. The van der Waals surface area contributed by atoms with E-state index in [4.69, 9.17) is 0 Å². The highest BCUT2D eigenvalue weighted by molar-refractivity contribution is 5.93. The Kier molecular flexibility index (Phi) is 4.81. The van der Waals surface area contributed by atoms with E-state index in [2.05, 4.69) is 36.0 Å². The lowest BCUT2D eigenvalue weighted by atomic mass is 9.71. The number of aromatic nitrogens is 1. The second kappa shape index (κ2) is 6.83. The number of hydrogen-bond acceptors (Lipinski definition) is 3. The topological polar surface area (TPSA) is 36.4 Å². The van der Waals surface area contributed by atoms with Crippen LogP contribution in [-0.2, 0) is 0 Å². The number of allylic oxidation sites excluding steroid dienone is 1. The number of piperidine rings is 1. The van der Waals surface area contributed by atoms with Crippen molar-refractivity contribution in [2.75, 3.05) is 26.7 Å². The van der Waals surface area contributed by atoms with Gasteiger partial charge in [-0.2, -0.15) is 0 Å². The van der Waals surface area contributed by atoms with Crippen molar-refractivity contribution < 1.29 is 4.79 Å². The third-order valence-electron chi connectivity index (χ3n) is 5.63. The molecular formula is C19H27N3O. The number of hydrogen-bond donors (Lipinski definition) is 0. The number of rotatable bonds is 3. The fourth-order valence-corrected chi connectivity index (χ4v) is 3.78. The Balaban J connectivity index is 1.60. The molecule has 124 valence electrons. The molecule has 1 amide bonds. The quantitative estimate of drug-likeness (QED) is 0.805. The molecule has 1 atom stereocenters. The molecule has 0 aromatic carbocycles. The van der Waals surface area contributed by atoms with Crippen LogP contribution in [0.5, 0.6) is 0 Å². The van der Waals surface area contributed by atoms with Crippen LogP contribution in [0.4, 0.5) is 0 Å². The second-order valence-corrected chi connectivity index (χ2v) is 6.93. The molecule has 1 aromatic heterocycles. The fraction of sp³-hybridized carbons (Fsp3) is 0.579. The van der Waals surface area contributed by atoms with E-state index in [0.717, 1.165) is 32.5 Å². The molecule has 3 rings (SSSR count). The molecule has 1 unspecified atom stereocenters. The zero-order valence-electron chi connectivity index (χ0n) is 14.2. The summed E-state index contributed by atoms with van der Waals surface area (Å²) in [7, 11) is 2.20. The number of pyridine rings is 1. The number of likely N-dealkylation sites (tertiary alicyclic amines) is 1. The molecule has 1 spiro atoms. The molecule has 2 aliphatic rings. The number of nitrogens with zero attached hydrogens (tertiary/aromatic N) is 3. The van der Waals surface area contributed by atoms with Crippen molar-refractivity contribution in [2.45, 2.75) is 38.6 Å². The first-order valence-corrected chi connectivity index (χ1v) is 8.72. The van der Waals surface area contributed by atoms with Crippen molar-refractivity contribution in [1.29, 1.82) is 0 Å². The minimum absolute atomic E-state index is 0.122. The molecule has 4 heteroatoms. The van der Waals surface area contributed by atoms with Crippen LogP contribution in [0.25, 0.3) is 0 Å². The van der Waals surface area contributed by atoms with E-state index in [1.807, 2.05) is 17.0 Å². The van der Waals surface area contributed by atoms with Gasteiger partial charge in [-0.15, -0.1) is 0 Å². The third-order valence-corrected chi connectivity index (χ3v) is 5.63. The standard InChI is InChI=1S/C19H27N3O/c1-3-21(2)17-6-8-19(9-7-17)10-13-22(14-11-19)18(23)16-5-4-12-20-15-16/h4-6,8,12,15,17H,3,7,9-11,13-14H2,1-2H3. The Labute approximate surface area is 139 Å². The largest absolute Gasteiger partial charge is 0.339 e. The first kappa shape index (κ1) is 16.2. The summed E-state index contributed by atoms with van der Waals surface area (Å²) in [6.45, 7) is 5.01. The van der Waals surface area contributed by atoms with Crippen molar-refractivity contribution in [3.63, 3.8) is 0 Å². The lowest BCUT2D eigenvalue weighted by molar-refractivity contribution is 0.0609. The van der Waals surface area contributed by atoms with Gasteiger partial charge in [0.05, 0.1) is 5.56 Å². The zero-order chi connectivity index (χ0) is 16.3. The van der Waals surface area contributed by atoms with Gasteiger partial charge in [-0.1, -0.05) is 19.1 Å². The fourth-order valence-electron chi connectivity index (χ4n) is 3.78. The lowest BCUT2D eigenvalue weighted by Crippen LogP contribution is -2.44. The van der Waals surface area contributed by atoms with Gasteiger partial charge in [0.25, 0.3) is 5.91 Å². The summed E-state index contributed by atoms with van der Waals surface area (Å²) in [5.41, 5.74) is 1.02. The van der Waals surface area contributed by atoms with Crippen molar-refractivity contribution in [2.24, 2.45) is 5.41 Å². The molecule has 23 heavy (non-hydrogen) atoms. The van der Waals surface area contributed by atoms with Gasteiger partial charge in [-0.05, 0) is 56.8 Å².